The number of hydrogen-bond acceptors (Lipinski definition) is 4. The molecular formula is C12H8Cl2FN3O2. The number of ether oxygens (including phenoxy) is 1. The van der Waals surface area contributed by atoms with Crippen molar-refractivity contribution in [1.82, 2.24) is 9.97 Å². The van der Waals surface area contributed by atoms with Gasteiger partial charge in [0.2, 0.25) is 5.28 Å². The van der Waals surface area contributed by atoms with E-state index in [4.69, 9.17) is 27.9 Å². The molecule has 0 saturated heterocycles. The molecule has 20 heavy (non-hydrogen) atoms. The van der Waals surface area contributed by atoms with Crippen LogP contribution in [0.15, 0.2) is 24.3 Å². The van der Waals surface area contributed by atoms with Crippen LogP contribution in [0, 0.1) is 5.82 Å². The van der Waals surface area contributed by atoms with Crippen LogP contribution in [0.1, 0.15) is 10.4 Å². The Hall–Kier alpha value is -1.92. The molecule has 5 nitrogen and oxygen atoms in total. The van der Waals surface area contributed by atoms with E-state index in [9.17, 15) is 9.18 Å². The maximum atomic E-state index is 13.5. The topological polar surface area (TPSA) is 64.1 Å². The Bertz CT molecular complexity index is 647. The van der Waals surface area contributed by atoms with Gasteiger partial charge in [0.15, 0.2) is 11.6 Å². The number of rotatable bonds is 3. The molecule has 0 aliphatic rings. The van der Waals surface area contributed by atoms with Gasteiger partial charge >= 0.3 is 0 Å². The van der Waals surface area contributed by atoms with E-state index in [1.54, 1.807) is 0 Å². The van der Waals surface area contributed by atoms with Crippen molar-refractivity contribution in [2.75, 3.05) is 12.4 Å². The van der Waals surface area contributed by atoms with Gasteiger partial charge in [-0.2, -0.15) is 0 Å². The molecule has 0 fully saturated rings. The molecular weight excluding hydrogens is 308 g/mol. The van der Waals surface area contributed by atoms with Crippen LogP contribution in [-0.2, 0) is 0 Å². The van der Waals surface area contributed by atoms with E-state index >= 15 is 0 Å². The van der Waals surface area contributed by atoms with Gasteiger partial charge in [-0.3, -0.25) is 4.79 Å². The smallest absolute Gasteiger partial charge is 0.256 e. The molecule has 8 heteroatoms. The second-order valence-corrected chi connectivity index (χ2v) is 4.37. The molecule has 0 saturated carbocycles. The molecule has 0 spiro atoms. The van der Waals surface area contributed by atoms with Gasteiger partial charge in [-0.1, -0.05) is 11.6 Å². The SMILES string of the molecule is COc1ccc(C(=O)Nc2cc(Cl)nc(Cl)n2)cc1F. The average molecular weight is 316 g/mol. The molecule has 1 aromatic heterocycles. The number of carbonyl (C=O) groups is 1. The van der Waals surface area contributed by atoms with Gasteiger partial charge in [-0.25, -0.2) is 14.4 Å². The molecule has 0 bridgehead atoms. The van der Waals surface area contributed by atoms with Crippen molar-refractivity contribution in [1.29, 1.82) is 0 Å². The number of aromatic nitrogens is 2. The quantitative estimate of drug-likeness (QED) is 0.698. The number of nitrogens with zero attached hydrogens (tertiary/aromatic N) is 2. The molecule has 2 aromatic rings. The van der Waals surface area contributed by atoms with Crippen molar-refractivity contribution in [2.45, 2.75) is 0 Å². The van der Waals surface area contributed by atoms with E-state index in [1.165, 1.54) is 25.3 Å². The third kappa shape index (κ3) is 3.34. The zero-order valence-corrected chi connectivity index (χ0v) is 11.7. The van der Waals surface area contributed by atoms with Gasteiger partial charge in [-0.05, 0) is 29.8 Å². The highest BCUT2D eigenvalue weighted by Crippen LogP contribution is 2.19. The van der Waals surface area contributed by atoms with E-state index in [-0.39, 0.29) is 27.6 Å². The van der Waals surface area contributed by atoms with Crippen LogP contribution in [0.25, 0.3) is 0 Å². The minimum Gasteiger partial charge on any atom is -0.494 e. The van der Waals surface area contributed by atoms with E-state index in [0.717, 1.165) is 6.07 Å². The number of methoxy groups -OCH3 is 1. The molecule has 0 unspecified atom stereocenters. The van der Waals surface area contributed by atoms with Crippen LogP contribution < -0.4 is 10.1 Å². The molecule has 1 amide bonds. The summed E-state index contributed by atoms with van der Waals surface area (Å²) < 4.78 is 18.3. The maximum absolute atomic E-state index is 13.5. The summed E-state index contributed by atoms with van der Waals surface area (Å²) >= 11 is 11.3. The minimum atomic E-state index is -0.640. The molecule has 0 aliphatic carbocycles. The van der Waals surface area contributed by atoms with Gasteiger partial charge in [0.05, 0.1) is 7.11 Å². The minimum absolute atomic E-state index is 0.0506. The first-order valence-corrected chi connectivity index (χ1v) is 6.10. The monoisotopic (exact) mass is 315 g/mol. The lowest BCUT2D eigenvalue weighted by Gasteiger charge is -2.06. The third-order valence-electron chi connectivity index (χ3n) is 2.32. The number of anilines is 1. The van der Waals surface area contributed by atoms with Crippen LogP contribution in [-0.4, -0.2) is 23.0 Å². The number of carbonyl (C=O) groups excluding carboxylic acids is 1. The van der Waals surface area contributed by atoms with Crippen molar-refractivity contribution < 1.29 is 13.9 Å². The maximum Gasteiger partial charge on any atom is 0.256 e. The first kappa shape index (κ1) is 14.5. The van der Waals surface area contributed by atoms with Crippen LogP contribution in [0.5, 0.6) is 5.75 Å². The lowest BCUT2D eigenvalue weighted by atomic mass is 10.2. The van der Waals surface area contributed by atoms with E-state index < -0.39 is 11.7 Å². The van der Waals surface area contributed by atoms with E-state index in [0.29, 0.717) is 0 Å². The average Bonchev–Trinajstić information content (AvgIpc) is 2.37. The predicted octanol–water partition coefficient (Wildman–Crippen LogP) is 3.18. The van der Waals surface area contributed by atoms with Gasteiger partial charge < -0.3 is 10.1 Å². The Morgan fingerprint density at radius 2 is 2.05 bits per heavy atom. The first-order chi connectivity index (χ1) is 9.49. The summed E-state index contributed by atoms with van der Waals surface area (Å²) in [5, 5.41) is 2.42. The Morgan fingerprint density at radius 1 is 1.30 bits per heavy atom. The highest BCUT2D eigenvalue weighted by molar-refractivity contribution is 6.32. The summed E-state index contributed by atoms with van der Waals surface area (Å²) in [5.74, 6) is -1.03. The molecule has 0 radical (unpaired) electrons. The molecule has 1 N–H and O–H groups in total. The van der Waals surface area contributed by atoms with Crippen LogP contribution in [0.3, 0.4) is 0 Å². The fourth-order valence-corrected chi connectivity index (χ4v) is 1.86. The highest BCUT2D eigenvalue weighted by Gasteiger charge is 2.12. The zero-order valence-electron chi connectivity index (χ0n) is 10.2. The summed E-state index contributed by atoms with van der Waals surface area (Å²) in [6, 6.07) is 5.15. The summed E-state index contributed by atoms with van der Waals surface area (Å²) in [7, 11) is 1.34. The second kappa shape index (κ2) is 6.02. The molecule has 1 aromatic carbocycles. The van der Waals surface area contributed by atoms with Crippen LogP contribution in [0.4, 0.5) is 10.2 Å². The molecule has 0 aliphatic heterocycles. The summed E-state index contributed by atoms with van der Waals surface area (Å²) in [5.41, 5.74) is 0.106. The zero-order chi connectivity index (χ0) is 14.7. The number of nitrogens with one attached hydrogen (secondary N) is 1. The second-order valence-electron chi connectivity index (χ2n) is 3.65. The fraction of sp³-hybridized carbons (Fsp3) is 0.0833. The molecule has 1 heterocycles. The lowest BCUT2D eigenvalue weighted by Crippen LogP contribution is -2.13. The molecule has 104 valence electrons. The first-order valence-electron chi connectivity index (χ1n) is 5.34. The van der Waals surface area contributed by atoms with Crippen LogP contribution >= 0.6 is 23.2 Å². The highest BCUT2D eigenvalue weighted by atomic mass is 35.5. The largest absolute Gasteiger partial charge is 0.494 e. The Labute approximate surface area is 123 Å². The molecule has 0 atom stereocenters. The summed E-state index contributed by atoms with van der Waals surface area (Å²) in [6.07, 6.45) is 0. The normalized spacial score (nSPS) is 10.2. The van der Waals surface area contributed by atoms with E-state index in [2.05, 4.69) is 15.3 Å². The summed E-state index contributed by atoms with van der Waals surface area (Å²) in [4.78, 5) is 19.3. The van der Waals surface area contributed by atoms with Gasteiger partial charge in [0.25, 0.3) is 5.91 Å². The van der Waals surface area contributed by atoms with Gasteiger partial charge in [0, 0.05) is 11.6 Å². The Kier molecular flexibility index (Phi) is 4.36. The molecule has 2 rings (SSSR count). The summed E-state index contributed by atoms with van der Waals surface area (Å²) in [6.45, 7) is 0. The number of benzene rings is 1. The van der Waals surface area contributed by atoms with Crippen molar-refractivity contribution in [3.63, 3.8) is 0 Å². The van der Waals surface area contributed by atoms with Crippen LogP contribution in [0.2, 0.25) is 10.4 Å². The predicted molar refractivity (Wildman–Crippen MR) is 73.0 cm³/mol. The van der Waals surface area contributed by atoms with Gasteiger partial charge in [-0.15, -0.1) is 0 Å². The Balaban J connectivity index is 2.21. The Morgan fingerprint density at radius 3 is 2.65 bits per heavy atom. The van der Waals surface area contributed by atoms with Crippen molar-refractivity contribution >= 4 is 34.9 Å². The van der Waals surface area contributed by atoms with Gasteiger partial charge in [0.1, 0.15) is 11.0 Å². The number of hydrogen-bond donors (Lipinski definition) is 1. The third-order valence-corrected chi connectivity index (χ3v) is 2.69. The standard InChI is InChI=1S/C12H8Cl2FN3O2/c1-20-8-3-2-6(4-7(8)15)11(19)17-10-5-9(13)16-12(14)18-10/h2-5H,1H3,(H,16,17,18,19). The van der Waals surface area contributed by atoms with Crippen molar-refractivity contribution in [3.8, 4) is 5.75 Å². The van der Waals surface area contributed by atoms with E-state index in [1.807, 2.05) is 0 Å². The number of amides is 1. The van der Waals surface area contributed by atoms with Crippen molar-refractivity contribution in [2.24, 2.45) is 0 Å². The lowest BCUT2D eigenvalue weighted by molar-refractivity contribution is 0.102. The fourth-order valence-electron chi connectivity index (χ4n) is 1.45. The van der Waals surface area contributed by atoms with Crippen molar-refractivity contribution in [3.05, 3.63) is 46.1 Å². The number of halogens is 3.